The minimum Gasteiger partial charge on any atom is -0.375 e. The summed E-state index contributed by atoms with van der Waals surface area (Å²) in [5, 5.41) is 0. The van der Waals surface area contributed by atoms with Crippen molar-refractivity contribution in [2.45, 2.75) is 56.3 Å². The topological polar surface area (TPSA) is 56.5 Å². The first-order chi connectivity index (χ1) is 9.44. The van der Waals surface area contributed by atoms with Crippen molar-refractivity contribution >= 4 is 0 Å². The summed E-state index contributed by atoms with van der Waals surface area (Å²) in [6.07, 6.45) is 1.80. The molecule has 2 fully saturated rings. The molecule has 1 aliphatic carbocycles. The van der Waals surface area contributed by atoms with Gasteiger partial charge < -0.3 is 9.47 Å². The molecule has 0 aromatic carbocycles. The molecule has 7 heteroatoms. The molecule has 0 aromatic heterocycles. The standard InChI is InChI=1S/C13H23F3N2O2/c14-13(15,16)9-19-8-11(18-17)10-3-6-20-12(7-10)4-1-2-5-12/h10-11,18H,1-9,17H2. The van der Waals surface area contributed by atoms with E-state index in [1.807, 2.05) is 0 Å². The van der Waals surface area contributed by atoms with Crippen molar-refractivity contribution in [3.8, 4) is 0 Å². The molecule has 20 heavy (non-hydrogen) atoms. The molecule has 0 aromatic rings. The molecular weight excluding hydrogens is 273 g/mol. The molecule has 3 N–H and O–H groups in total. The highest BCUT2D eigenvalue weighted by Crippen LogP contribution is 2.42. The predicted molar refractivity (Wildman–Crippen MR) is 67.9 cm³/mol. The third-order valence-electron chi connectivity index (χ3n) is 4.39. The van der Waals surface area contributed by atoms with Crippen LogP contribution in [0.25, 0.3) is 0 Å². The van der Waals surface area contributed by atoms with Gasteiger partial charge in [0.2, 0.25) is 0 Å². The summed E-state index contributed by atoms with van der Waals surface area (Å²) in [6, 6.07) is -0.251. The molecular formula is C13H23F3N2O2. The van der Waals surface area contributed by atoms with Crippen LogP contribution in [0, 0.1) is 5.92 Å². The van der Waals surface area contributed by atoms with E-state index < -0.39 is 12.8 Å². The quantitative estimate of drug-likeness (QED) is 0.603. The third-order valence-corrected chi connectivity index (χ3v) is 4.39. The van der Waals surface area contributed by atoms with Gasteiger partial charge in [0.1, 0.15) is 6.61 Å². The Hall–Kier alpha value is -0.370. The van der Waals surface area contributed by atoms with Crippen molar-refractivity contribution in [3.63, 3.8) is 0 Å². The number of halogens is 3. The van der Waals surface area contributed by atoms with Crippen molar-refractivity contribution in [1.82, 2.24) is 5.43 Å². The van der Waals surface area contributed by atoms with E-state index in [1.54, 1.807) is 0 Å². The first-order valence-corrected chi connectivity index (χ1v) is 7.19. The summed E-state index contributed by atoms with van der Waals surface area (Å²) in [4.78, 5) is 0. The van der Waals surface area contributed by atoms with Gasteiger partial charge in [0, 0.05) is 12.6 Å². The molecule has 118 valence electrons. The first-order valence-electron chi connectivity index (χ1n) is 7.19. The summed E-state index contributed by atoms with van der Waals surface area (Å²) in [5.74, 6) is 5.70. The van der Waals surface area contributed by atoms with Crippen LogP contribution in [-0.2, 0) is 9.47 Å². The molecule has 1 aliphatic heterocycles. The lowest BCUT2D eigenvalue weighted by atomic mass is 9.81. The van der Waals surface area contributed by atoms with Crippen LogP contribution in [-0.4, -0.2) is 37.6 Å². The number of nitrogens with one attached hydrogen (secondary N) is 1. The average molecular weight is 296 g/mol. The van der Waals surface area contributed by atoms with Crippen molar-refractivity contribution in [2.24, 2.45) is 11.8 Å². The van der Waals surface area contributed by atoms with Crippen molar-refractivity contribution in [3.05, 3.63) is 0 Å². The van der Waals surface area contributed by atoms with Gasteiger partial charge in [0.25, 0.3) is 0 Å². The third kappa shape index (κ3) is 4.31. The SMILES string of the molecule is NNC(COCC(F)(F)F)C1CCOC2(CCCC2)C1. The fraction of sp³-hybridized carbons (Fsp3) is 1.00. The maximum absolute atomic E-state index is 12.1. The van der Waals surface area contributed by atoms with E-state index in [1.165, 1.54) is 0 Å². The van der Waals surface area contributed by atoms with E-state index in [2.05, 4.69) is 5.43 Å². The summed E-state index contributed by atoms with van der Waals surface area (Å²) in [5.41, 5.74) is 2.55. The fourth-order valence-corrected chi connectivity index (χ4v) is 3.40. The summed E-state index contributed by atoms with van der Waals surface area (Å²) >= 11 is 0. The Morgan fingerprint density at radius 1 is 1.35 bits per heavy atom. The average Bonchev–Trinajstić information content (AvgIpc) is 2.81. The lowest BCUT2D eigenvalue weighted by Gasteiger charge is -2.41. The normalized spacial score (nSPS) is 27.9. The number of hydrogen-bond acceptors (Lipinski definition) is 4. The Morgan fingerprint density at radius 2 is 2.05 bits per heavy atom. The first kappa shape index (κ1) is 16.0. The fourth-order valence-electron chi connectivity index (χ4n) is 3.40. The highest BCUT2D eigenvalue weighted by atomic mass is 19.4. The van der Waals surface area contributed by atoms with Crippen molar-refractivity contribution in [2.75, 3.05) is 19.8 Å². The smallest absolute Gasteiger partial charge is 0.375 e. The van der Waals surface area contributed by atoms with Gasteiger partial charge in [-0.2, -0.15) is 13.2 Å². The molecule has 0 radical (unpaired) electrons. The maximum atomic E-state index is 12.1. The molecule has 1 saturated carbocycles. The van der Waals surface area contributed by atoms with E-state index in [9.17, 15) is 13.2 Å². The minimum atomic E-state index is -4.29. The van der Waals surface area contributed by atoms with Gasteiger partial charge in [-0.05, 0) is 31.6 Å². The van der Waals surface area contributed by atoms with Crippen LogP contribution in [0.5, 0.6) is 0 Å². The van der Waals surface area contributed by atoms with Crippen LogP contribution in [0.2, 0.25) is 0 Å². The lowest BCUT2D eigenvalue weighted by molar-refractivity contribution is -0.178. The van der Waals surface area contributed by atoms with Gasteiger partial charge in [-0.15, -0.1) is 0 Å². The van der Waals surface area contributed by atoms with Gasteiger partial charge in [0.05, 0.1) is 12.2 Å². The molecule has 4 nitrogen and oxygen atoms in total. The second-order valence-corrected chi connectivity index (χ2v) is 5.89. The summed E-state index contributed by atoms with van der Waals surface area (Å²) in [7, 11) is 0. The van der Waals surface area contributed by atoms with E-state index >= 15 is 0 Å². The zero-order valence-electron chi connectivity index (χ0n) is 11.5. The Morgan fingerprint density at radius 3 is 2.65 bits per heavy atom. The number of alkyl halides is 3. The Balaban J connectivity index is 1.83. The van der Waals surface area contributed by atoms with Crippen LogP contribution in [0.1, 0.15) is 38.5 Å². The van der Waals surface area contributed by atoms with Crippen LogP contribution < -0.4 is 11.3 Å². The lowest BCUT2D eigenvalue weighted by Crippen LogP contribution is -2.50. The molecule has 0 bridgehead atoms. The van der Waals surface area contributed by atoms with E-state index in [4.69, 9.17) is 15.3 Å². The number of rotatable bonds is 5. The number of hydrazine groups is 1. The summed E-state index contributed by atoms with van der Waals surface area (Å²) < 4.78 is 47.0. The van der Waals surface area contributed by atoms with Gasteiger partial charge in [-0.3, -0.25) is 11.3 Å². The van der Waals surface area contributed by atoms with E-state index in [0.29, 0.717) is 6.61 Å². The van der Waals surface area contributed by atoms with E-state index in [-0.39, 0.29) is 24.2 Å². The Bertz CT molecular complexity index is 306. The van der Waals surface area contributed by atoms with Gasteiger partial charge >= 0.3 is 6.18 Å². The second kappa shape index (κ2) is 6.60. The Labute approximate surface area is 117 Å². The highest BCUT2D eigenvalue weighted by Gasteiger charge is 2.42. The minimum absolute atomic E-state index is 0.0171. The number of hydrogen-bond donors (Lipinski definition) is 2. The number of nitrogens with two attached hydrogens (primary N) is 1. The molecule has 1 saturated heterocycles. The zero-order chi connectivity index (χ0) is 14.6. The molecule has 1 heterocycles. The molecule has 2 atom stereocenters. The molecule has 2 rings (SSSR count). The van der Waals surface area contributed by atoms with Gasteiger partial charge in [-0.1, -0.05) is 12.8 Å². The number of ether oxygens (including phenoxy) is 2. The Kier molecular flexibility index (Phi) is 5.28. The van der Waals surface area contributed by atoms with Crippen LogP contribution in [0.3, 0.4) is 0 Å². The second-order valence-electron chi connectivity index (χ2n) is 5.89. The molecule has 2 unspecified atom stereocenters. The van der Waals surface area contributed by atoms with E-state index in [0.717, 1.165) is 38.5 Å². The van der Waals surface area contributed by atoms with Crippen LogP contribution in [0.15, 0.2) is 0 Å². The monoisotopic (exact) mass is 296 g/mol. The van der Waals surface area contributed by atoms with Gasteiger partial charge in [-0.25, -0.2) is 0 Å². The predicted octanol–water partition coefficient (Wildman–Crippen LogP) is 2.14. The zero-order valence-corrected chi connectivity index (χ0v) is 11.5. The maximum Gasteiger partial charge on any atom is 0.411 e. The van der Waals surface area contributed by atoms with Crippen molar-refractivity contribution < 1.29 is 22.6 Å². The molecule has 1 spiro atoms. The van der Waals surface area contributed by atoms with Crippen LogP contribution in [0.4, 0.5) is 13.2 Å². The van der Waals surface area contributed by atoms with Crippen molar-refractivity contribution in [1.29, 1.82) is 0 Å². The summed E-state index contributed by atoms with van der Waals surface area (Å²) in [6.45, 7) is -0.585. The van der Waals surface area contributed by atoms with Crippen LogP contribution >= 0.6 is 0 Å². The molecule has 0 amide bonds. The molecule has 2 aliphatic rings. The largest absolute Gasteiger partial charge is 0.411 e. The van der Waals surface area contributed by atoms with Gasteiger partial charge in [0.15, 0.2) is 0 Å². The highest BCUT2D eigenvalue weighted by molar-refractivity contribution is 4.94.